The molecule has 0 saturated carbocycles. The van der Waals surface area contributed by atoms with Gasteiger partial charge in [-0.25, -0.2) is 4.39 Å². The minimum atomic E-state index is -0.357. The quantitative estimate of drug-likeness (QED) is 0.887. The van der Waals surface area contributed by atoms with E-state index in [9.17, 15) is 14.0 Å². The summed E-state index contributed by atoms with van der Waals surface area (Å²) < 4.78 is 13.2. The largest absolute Gasteiger partial charge is 0.376 e. The summed E-state index contributed by atoms with van der Waals surface area (Å²) in [5, 5.41) is 5.63. The maximum absolute atomic E-state index is 13.2. The summed E-state index contributed by atoms with van der Waals surface area (Å²) >= 11 is 0. The highest BCUT2D eigenvalue weighted by Gasteiger charge is 2.08. The van der Waals surface area contributed by atoms with Crippen LogP contribution in [0, 0.1) is 12.7 Å². The predicted octanol–water partition coefficient (Wildman–Crippen LogP) is 2.89. The van der Waals surface area contributed by atoms with Gasteiger partial charge in [0.05, 0.1) is 6.54 Å². The van der Waals surface area contributed by atoms with Crippen LogP contribution in [-0.2, 0) is 4.79 Å². The molecule has 0 aliphatic rings. The molecule has 2 aromatic rings. The number of halogens is 1. The molecule has 0 saturated heterocycles. The predicted molar refractivity (Wildman–Crippen MR) is 92.7 cm³/mol. The van der Waals surface area contributed by atoms with Crippen molar-refractivity contribution < 1.29 is 14.0 Å². The first kappa shape index (κ1) is 17.5. The number of anilines is 2. The van der Waals surface area contributed by atoms with Crippen molar-refractivity contribution in [2.24, 2.45) is 0 Å². The maximum atomic E-state index is 13.2. The second-order valence-corrected chi connectivity index (χ2v) is 5.64. The van der Waals surface area contributed by atoms with Crippen LogP contribution in [0.2, 0.25) is 0 Å². The summed E-state index contributed by atoms with van der Waals surface area (Å²) in [6.07, 6.45) is 0. The Labute approximate surface area is 140 Å². The molecule has 0 aromatic heterocycles. The zero-order chi connectivity index (χ0) is 17.7. The smallest absolute Gasteiger partial charge is 0.253 e. The number of carbonyl (C=O) groups is 2. The van der Waals surface area contributed by atoms with Crippen LogP contribution in [0.1, 0.15) is 15.9 Å². The molecule has 2 amide bonds. The molecule has 0 fully saturated rings. The monoisotopic (exact) mass is 329 g/mol. The van der Waals surface area contributed by atoms with Crippen molar-refractivity contribution in [1.29, 1.82) is 0 Å². The summed E-state index contributed by atoms with van der Waals surface area (Å²) in [7, 11) is 3.36. The van der Waals surface area contributed by atoms with E-state index in [0.29, 0.717) is 16.9 Å². The van der Waals surface area contributed by atoms with Gasteiger partial charge in [0.2, 0.25) is 5.91 Å². The van der Waals surface area contributed by atoms with E-state index in [-0.39, 0.29) is 24.2 Å². The maximum Gasteiger partial charge on any atom is 0.253 e. The van der Waals surface area contributed by atoms with Crippen molar-refractivity contribution in [3.63, 3.8) is 0 Å². The number of amides is 2. The normalized spacial score (nSPS) is 10.2. The first-order valence-electron chi connectivity index (χ1n) is 7.48. The molecule has 0 heterocycles. The van der Waals surface area contributed by atoms with E-state index in [0.717, 1.165) is 5.56 Å². The second-order valence-electron chi connectivity index (χ2n) is 5.64. The molecule has 2 rings (SSSR count). The molecule has 0 unspecified atom stereocenters. The van der Waals surface area contributed by atoms with Crippen molar-refractivity contribution in [3.05, 3.63) is 59.4 Å². The fourth-order valence-corrected chi connectivity index (χ4v) is 2.12. The first-order chi connectivity index (χ1) is 11.4. The van der Waals surface area contributed by atoms with Crippen LogP contribution >= 0.6 is 0 Å². The molecule has 5 nitrogen and oxygen atoms in total. The van der Waals surface area contributed by atoms with Gasteiger partial charge in [-0.3, -0.25) is 9.59 Å². The molecule has 2 aromatic carbocycles. The minimum absolute atomic E-state index is 0.0165. The van der Waals surface area contributed by atoms with Gasteiger partial charge < -0.3 is 15.5 Å². The molecule has 6 heteroatoms. The molecule has 2 N–H and O–H groups in total. The van der Waals surface area contributed by atoms with Crippen molar-refractivity contribution in [2.45, 2.75) is 6.92 Å². The molecule has 24 heavy (non-hydrogen) atoms. The standard InChI is InChI=1S/C18H20FN3O2/c1-12-4-7-14(19)10-16(12)20-11-17(23)21-15-8-5-13(6-9-15)18(24)22(2)3/h4-10,20H,11H2,1-3H3,(H,21,23). The Balaban J connectivity index is 1.92. The molecule has 0 spiro atoms. The van der Waals surface area contributed by atoms with Gasteiger partial charge in [0.25, 0.3) is 5.91 Å². The first-order valence-corrected chi connectivity index (χ1v) is 7.48. The molecule has 0 radical (unpaired) electrons. The molecule has 0 aliphatic carbocycles. The van der Waals surface area contributed by atoms with Crippen LogP contribution in [0.15, 0.2) is 42.5 Å². The van der Waals surface area contributed by atoms with Gasteiger partial charge in [-0.15, -0.1) is 0 Å². The zero-order valence-corrected chi connectivity index (χ0v) is 13.9. The summed E-state index contributed by atoms with van der Waals surface area (Å²) in [6.45, 7) is 1.85. The fourth-order valence-electron chi connectivity index (χ4n) is 2.12. The van der Waals surface area contributed by atoms with Crippen LogP contribution in [-0.4, -0.2) is 37.4 Å². The van der Waals surface area contributed by atoms with Gasteiger partial charge in [-0.1, -0.05) is 6.07 Å². The van der Waals surface area contributed by atoms with Crippen molar-refractivity contribution in [2.75, 3.05) is 31.3 Å². The lowest BCUT2D eigenvalue weighted by molar-refractivity contribution is -0.114. The van der Waals surface area contributed by atoms with Gasteiger partial charge in [0.15, 0.2) is 0 Å². The van der Waals surface area contributed by atoms with Gasteiger partial charge in [-0.05, 0) is 48.9 Å². The Bertz CT molecular complexity index is 742. The van der Waals surface area contributed by atoms with E-state index in [1.54, 1.807) is 44.4 Å². The van der Waals surface area contributed by atoms with E-state index in [1.807, 2.05) is 6.92 Å². The molecule has 0 aliphatic heterocycles. The van der Waals surface area contributed by atoms with E-state index < -0.39 is 0 Å². The average molecular weight is 329 g/mol. The Kier molecular flexibility index (Phi) is 5.52. The van der Waals surface area contributed by atoms with Crippen molar-refractivity contribution in [1.82, 2.24) is 4.90 Å². The topological polar surface area (TPSA) is 61.4 Å². The minimum Gasteiger partial charge on any atom is -0.376 e. The van der Waals surface area contributed by atoms with Gasteiger partial charge in [-0.2, -0.15) is 0 Å². The highest BCUT2D eigenvalue weighted by molar-refractivity contribution is 5.96. The van der Waals surface area contributed by atoms with Crippen LogP contribution in [0.4, 0.5) is 15.8 Å². The Hall–Kier alpha value is -2.89. The fraction of sp³-hybridized carbons (Fsp3) is 0.222. The molecule has 0 atom stereocenters. The van der Waals surface area contributed by atoms with Gasteiger partial charge >= 0.3 is 0 Å². The summed E-state index contributed by atoms with van der Waals surface area (Å²) in [4.78, 5) is 25.2. The average Bonchev–Trinajstić information content (AvgIpc) is 2.55. The third-order valence-corrected chi connectivity index (χ3v) is 3.46. The van der Waals surface area contributed by atoms with Gasteiger partial charge in [0.1, 0.15) is 5.82 Å². The third-order valence-electron chi connectivity index (χ3n) is 3.46. The SMILES string of the molecule is Cc1ccc(F)cc1NCC(=O)Nc1ccc(C(=O)N(C)C)cc1. The highest BCUT2D eigenvalue weighted by atomic mass is 19.1. The number of nitrogens with one attached hydrogen (secondary N) is 2. The lowest BCUT2D eigenvalue weighted by Gasteiger charge is -2.12. The number of hydrogen-bond acceptors (Lipinski definition) is 3. The zero-order valence-electron chi connectivity index (χ0n) is 13.9. The van der Waals surface area contributed by atoms with Crippen LogP contribution in [0.25, 0.3) is 0 Å². The lowest BCUT2D eigenvalue weighted by Crippen LogP contribution is -2.23. The Morgan fingerprint density at radius 2 is 1.75 bits per heavy atom. The van der Waals surface area contributed by atoms with Crippen LogP contribution in [0.3, 0.4) is 0 Å². The van der Waals surface area contributed by atoms with Gasteiger partial charge in [0, 0.05) is 31.0 Å². The van der Waals surface area contributed by atoms with Crippen LogP contribution in [0.5, 0.6) is 0 Å². The number of benzene rings is 2. The molecule has 126 valence electrons. The summed E-state index contributed by atoms with van der Waals surface area (Å²) in [5.41, 5.74) is 2.58. The van der Waals surface area contributed by atoms with Crippen molar-refractivity contribution >= 4 is 23.2 Å². The Morgan fingerprint density at radius 1 is 1.08 bits per heavy atom. The number of carbonyl (C=O) groups excluding carboxylic acids is 2. The number of hydrogen-bond donors (Lipinski definition) is 2. The lowest BCUT2D eigenvalue weighted by atomic mass is 10.2. The van der Waals surface area contributed by atoms with E-state index in [4.69, 9.17) is 0 Å². The van der Waals surface area contributed by atoms with Crippen molar-refractivity contribution in [3.8, 4) is 0 Å². The van der Waals surface area contributed by atoms with Crippen LogP contribution < -0.4 is 10.6 Å². The van der Waals surface area contributed by atoms with E-state index in [1.165, 1.54) is 17.0 Å². The summed E-state index contributed by atoms with van der Waals surface area (Å²) in [6, 6.07) is 11.0. The second kappa shape index (κ2) is 7.59. The third kappa shape index (κ3) is 4.55. The van der Waals surface area contributed by atoms with E-state index in [2.05, 4.69) is 10.6 Å². The number of aryl methyl sites for hydroxylation is 1. The molecular formula is C18H20FN3O2. The Morgan fingerprint density at radius 3 is 2.38 bits per heavy atom. The number of rotatable bonds is 5. The molecular weight excluding hydrogens is 309 g/mol. The molecule has 0 bridgehead atoms. The van der Waals surface area contributed by atoms with E-state index >= 15 is 0 Å². The summed E-state index contributed by atoms with van der Waals surface area (Å²) in [5.74, 6) is -0.717. The highest BCUT2D eigenvalue weighted by Crippen LogP contribution is 2.16. The number of nitrogens with zero attached hydrogens (tertiary/aromatic N) is 1.